The summed E-state index contributed by atoms with van der Waals surface area (Å²) >= 11 is 0. The monoisotopic (exact) mass is 317 g/mol. The van der Waals surface area contributed by atoms with Gasteiger partial charge in [-0.1, -0.05) is 18.2 Å². The molecule has 5 heteroatoms. The zero-order valence-electron chi connectivity index (χ0n) is 13.3. The zero-order chi connectivity index (χ0) is 16.4. The van der Waals surface area contributed by atoms with Crippen LogP contribution in [0.2, 0.25) is 0 Å². The molecule has 124 valence electrons. The number of fused-ring (bicyclic) bond motifs is 3. The Kier molecular flexibility index (Phi) is 4.55. The van der Waals surface area contributed by atoms with Gasteiger partial charge in [-0.15, -0.1) is 0 Å². The summed E-state index contributed by atoms with van der Waals surface area (Å²) in [4.78, 5) is 24.3. The predicted octanol–water partition coefficient (Wildman–Crippen LogP) is 2.45. The van der Waals surface area contributed by atoms with Crippen molar-refractivity contribution in [2.24, 2.45) is 23.7 Å². The fraction of sp³-hybridized carbons (Fsp3) is 0.556. The number of carboxylic acids is 1. The quantitative estimate of drug-likeness (QED) is 0.874. The largest absolute Gasteiger partial charge is 0.496 e. The first-order valence-corrected chi connectivity index (χ1v) is 8.24. The van der Waals surface area contributed by atoms with Crippen LogP contribution in [0.15, 0.2) is 24.3 Å². The molecular formula is C18H23NO4. The Morgan fingerprint density at radius 1 is 1.13 bits per heavy atom. The van der Waals surface area contributed by atoms with Crippen LogP contribution in [0.3, 0.4) is 0 Å². The molecule has 3 fully saturated rings. The molecule has 1 aromatic carbocycles. The van der Waals surface area contributed by atoms with Crippen molar-refractivity contribution in [3.8, 4) is 5.75 Å². The molecular weight excluding hydrogens is 294 g/mol. The first-order valence-electron chi connectivity index (χ1n) is 8.24. The molecule has 0 aromatic heterocycles. The standard InChI is InChI=1S/C18H23NO4/c1-23-14-5-3-2-4-13(14)10-19-17(20)15-11-6-8-12(9-7-11)16(15)18(21)22/h2-5,11-12,15-16H,6-10H2,1H3,(H,19,20)(H,21,22)/t11?,12?,15-,16+/m0/s1. The lowest BCUT2D eigenvalue weighted by atomic mass is 9.58. The number of nitrogens with one attached hydrogen (secondary N) is 1. The number of benzene rings is 1. The SMILES string of the molecule is COc1ccccc1CNC(=O)[C@H]1C2CCC(CC2)[C@H]1C(=O)O. The average molecular weight is 317 g/mol. The van der Waals surface area contributed by atoms with Crippen LogP contribution in [-0.2, 0) is 16.1 Å². The normalized spacial score (nSPS) is 29.1. The Balaban J connectivity index is 1.70. The third-order valence-electron chi connectivity index (χ3n) is 5.45. The Labute approximate surface area is 136 Å². The van der Waals surface area contributed by atoms with Crippen LogP contribution in [0.1, 0.15) is 31.2 Å². The highest BCUT2D eigenvalue weighted by atomic mass is 16.5. The van der Waals surface area contributed by atoms with E-state index in [1.165, 1.54) is 0 Å². The maximum atomic E-state index is 12.7. The fourth-order valence-corrected chi connectivity index (χ4v) is 4.33. The van der Waals surface area contributed by atoms with E-state index in [-0.39, 0.29) is 17.7 Å². The van der Waals surface area contributed by atoms with Gasteiger partial charge in [0, 0.05) is 12.1 Å². The molecule has 3 saturated carbocycles. The summed E-state index contributed by atoms with van der Waals surface area (Å²) in [5.41, 5.74) is 0.899. The molecule has 4 rings (SSSR count). The van der Waals surface area contributed by atoms with E-state index >= 15 is 0 Å². The molecule has 23 heavy (non-hydrogen) atoms. The number of para-hydroxylation sites is 1. The number of carbonyl (C=O) groups is 2. The third kappa shape index (κ3) is 3.05. The van der Waals surface area contributed by atoms with Crippen LogP contribution >= 0.6 is 0 Å². The summed E-state index contributed by atoms with van der Waals surface area (Å²) in [5, 5.41) is 12.5. The van der Waals surface area contributed by atoms with Crippen molar-refractivity contribution in [1.82, 2.24) is 5.32 Å². The van der Waals surface area contributed by atoms with Crippen molar-refractivity contribution in [3.63, 3.8) is 0 Å². The van der Waals surface area contributed by atoms with Gasteiger partial charge in [0.2, 0.25) is 5.91 Å². The van der Waals surface area contributed by atoms with E-state index in [0.717, 1.165) is 37.0 Å². The minimum Gasteiger partial charge on any atom is -0.496 e. The Bertz CT molecular complexity index is 592. The van der Waals surface area contributed by atoms with E-state index in [4.69, 9.17) is 4.74 Å². The number of rotatable bonds is 5. The molecule has 0 radical (unpaired) electrons. The maximum Gasteiger partial charge on any atom is 0.307 e. The van der Waals surface area contributed by atoms with Crippen molar-refractivity contribution >= 4 is 11.9 Å². The fourth-order valence-electron chi connectivity index (χ4n) is 4.33. The van der Waals surface area contributed by atoms with Crippen LogP contribution in [0.5, 0.6) is 5.75 Å². The summed E-state index contributed by atoms with van der Waals surface area (Å²) in [6.07, 6.45) is 3.83. The van der Waals surface area contributed by atoms with Crippen molar-refractivity contribution in [2.75, 3.05) is 7.11 Å². The van der Waals surface area contributed by atoms with Crippen LogP contribution in [-0.4, -0.2) is 24.1 Å². The minimum absolute atomic E-state index is 0.127. The van der Waals surface area contributed by atoms with Gasteiger partial charge < -0.3 is 15.2 Å². The van der Waals surface area contributed by atoms with E-state index in [2.05, 4.69) is 5.32 Å². The van der Waals surface area contributed by atoms with Crippen molar-refractivity contribution in [1.29, 1.82) is 0 Å². The minimum atomic E-state index is -0.822. The second-order valence-corrected chi connectivity index (χ2v) is 6.59. The summed E-state index contributed by atoms with van der Waals surface area (Å²) in [5.74, 6) is -0.782. The van der Waals surface area contributed by atoms with Crippen molar-refractivity contribution < 1.29 is 19.4 Å². The lowest BCUT2D eigenvalue weighted by molar-refractivity contribution is -0.158. The van der Waals surface area contributed by atoms with E-state index in [9.17, 15) is 14.7 Å². The van der Waals surface area contributed by atoms with Gasteiger partial charge in [-0.25, -0.2) is 0 Å². The van der Waals surface area contributed by atoms with Crippen LogP contribution in [0.25, 0.3) is 0 Å². The molecule has 3 aliphatic carbocycles. The van der Waals surface area contributed by atoms with Crippen LogP contribution < -0.4 is 10.1 Å². The van der Waals surface area contributed by atoms with Crippen molar-refractivity contribution in [2.45, 2.75) is 32.2 Å². The molecule has 0 unspecified atom stereocenters. The average Bonchev–Trinajstić information content (AvgIpc) is 2.59. The molecule has 0 aliphatic heterocycles. The maximum absolute atomic E-state index is 12.7. The van der Waals surface area contributed by atoms with Gasteiger partial charge in [-0.05, 0) is 43.6 Å². The number of methoxy groups -OCH3 is 1. The van der Waals surface area contributed by atoms with Gasteiger partial charge in [0.05, 0.1) is 18.9 Å². The van der Waals surface area contributed by atoms with Gasteiger partial charge in [-0.2, -0.15) is 0 Å². The van der Waals surface area contributed by atoms with Crippen LogP contribution in [0, 0.1) is 23.7 Å². The number of carbonyl (C=O) groups excluding carboxylic acids is 1. The number of hydrogen-bond acceptors (Lipinski definition) is 3. The first-order chi connectivity index (χ1) is 11.1. The second-order valence-electron chi connectivity index (χ2n) is 6.59. The van der Waals surface area contributed by atoms with Gasteiger partial charge in [0.1, 0.15) is 5.75 Å². The smallest absolute Gasteiger partial charge is 0.307 e. The van der Waals surface area contributed by atoms with Gasteiger partial charge in [0.15, 0.2) is 0 Å². The lowest BCUT2D eigenvalue weighted by Gasteiger charge is -2.45. The summed E-state index contributed by atoms with van der Waals surface area (Å²) < 4.78 is 5.29. The van der Waals surface area contributed by atoms with E-state index < -0.39 is 17.8 Å². The van der Waals surface area contributed by atoms with Gasteiger partial charge in [0.25, 0.3) is 0 Å². The number of aliphatic carboxylic acids is 1. The highest BCUT2D eigenvalue weighted by Gasteiger charge is 2.50. The van der Waals surface area contributed by atoms with Crippen molar-refractivity contribution in [3.05, 3.63) is 29.8 Å². The molecule has 2 bridgehead atoms. The van der Waals surface area contributed by atoms with E-state index in [1.54, 1.807) is 7.11 Å². The molecule has 0 heterocycles. The van der Waals surface area contributed by atoms with E-state index in [0.29, 0.717) is 6.54 Å². The summed E-state index contributed by atoms with van der Waals surface area (Å²) in [7, 11) is 1.60. The highest BCUT2D eigenvalue weighted by molar-refractivity contribution is 5.85. The lowest BCUT2D eigenvalue weighted by Crippen LogP contribution is -2.50. The third-order valence-corrected chi connectivity index (χ3v) is 5.45. The predicted molar refractivity (Wildman–Crippen MR) is 84.9 cm³/mol. The first kappa shape index (κ1) is 15.8. The Hall–Kier alpha value is -2.04. The second kappa shape index (κ2) is 6.60. The van der Waals surface area contributed by atoms with Gasteiger partial charge >= 0.3 is 5.97 Å². The topological polar surface area (TPSA) is 75.6 Å². The van der Waals surface area contributed by atoms with Crippen LogP contribution in [0.4, 0.5) is 0 Å². The number of carboxylic acid groups (broad SMARTS) is 1. The number of ether oxygens (including phenoxy) is 1. The Morgan fingerprint density at radius 3 is 2.35 bits per heavy atom. The number of hydrogen-bond donors (Lipinski definition) is 2. The van der Waals surface area contributed by atoms with Gasteiger partial charge in [-0.3, -0.25) is 9.59 Å². The number of amides is 1. The molecule has 1 amide bonds. The molecule has 1 aromatic rings. The highest BCUT2D eigenvalue weighted by Crippen LogP contribution is 2.49. The molecule has 2 N–H and O–H groups in total. The zero-order valence-corrected chi connectivity index (χ0v) is 13.3. The molecule has 5 nitrogen and oxygen atoms in total. The molecule has 2 atom stereocenters. The summed E-state index contributed by atoms with van der Waals surface area (Å²) in [6.45, 7) is 0.364. The summed E-state index contributed by atoms with van der Waals surface area (Å²) in [6, 6.07) is 7.53. The molecule has 3 aliphatic rings. The van der Waals surface area contributed by atoms with E-state index in [1.807, 2.05) is 24.3 Å². The molecule has 0 spiro atoms. The molecule has 0 saturated heterocycles. The Morgan fingerprint density at radius 2 is 1.74 bits per heavy atom.